The SMILES string of the molecule is CNc1cccc(CCNc2cccc(CCNc3ccccn3)n2)n1. The minimum atomic E-state index is 0.794. The topological polar surface area (TPSA) is 74.8 Å². The van der Waals surface area contributed by atoms with Gasteiger partial charge >= 0.3 is 0 Å². The van der Waals surface area contributed by atoms with Crippen LogP contribution in [0.2, 0.25) is 0 Å². The van der Waals surface area contributed by atoms with E-state index in [-0.39, 0.29) is 0 Å². The van der Waals surface area contributed by atoms with Crippen molar-refractivity contribution in [3.05, 3.63) is 72.2 Å². The molecule has 0 fully saturated rings. The van der Waals surface area contributed by atoms with Gasteiger partial charge in [-0.25, -0.2) is 15.0 Å². The number of anilines is 3. The van der Waals surface area contributed by atoms with Crippen LogP contribution in [0.5, 0.6) is 0 Å². The Hall–Kier alpha value is -3.15. The summed E-state index contributed by atoms with van der Waals surface area (Å²) in [5.74, 6) is 2.67. The minimum Gasteiger partial charge on any atom is -0.373 e. The molecule has 6 nitrogen and oxygen atoms in total. The Balaban J connectivity index is 1.46. The minimum absolute atomic E-state index is 0.794. The highest BCUT2D eigenvalue weighted by molar-refractivity contribution is 5.37. The molecule has 0 atom stereocenters. The number of hydrogen-bond donors (Lipinski definition) is 3. The van der Waals surface area contributed by atoms with Gasteiger partial charge in [0.2, 0.25) is 0 Å². The Bertz CT molecular complexity index is 806. The molecular weight excluding hydrogens is 324 g/mol. The van der Waals surface area contributed by atoms with E-state index in [0.29, 0.717) is 0 Å². The third-order valence-electron chi connectivity index (χ3n) is 3.91. The van der Waals surface area contributed by atoms with Crippen molar-refractivity contribution in [2.75, 3.05) is 36.1 Å². The fourth-order valence-corrected chi connectivity index (χ4v) is 2.58. The molecule has 0 aliphatic heterocycles. The summed E-state index contributed by atoms with van der Waals surface area (Å²) in [4.78, 5) is 13.4. The quantitative estimate of drug-likeness (QED) is 0.551. The Morgan fingerprint density at radius 3 is 1.96 bits per heavy atom. The summed E-state index contributed by atoms with van der Waals surface area (Å²) in [6.07, 6.45) is 3.48. The summed E-state index contributed by atoms with van der Waals surface area (Å²) < 4.78 is 0. The zero-order chi connectivity index (χ0) is 18.0. The van der Waals surface area contributed by atoms with Crippen molar-refractivity contribution in [1.29, 1.82) is 0 Å². The Morgan fingerprint density at radius 2 is 1.31 bits per heavy atom. The highest BCUT2D eigenvalue weighted by Gasteiger charge is 2.00. The lowest BCUT2D eigenvalue weighted by atomic mass is 10.2. The van der Waals surface area contributed by atoms with Gasteiger partial charge in [-0.05, 0) is 36.4 Å². The van der Waals surface area contributed by atoms with Crippen LogP contribution in [0.25, 0.3) is 0 Å². The number of rotatable bonds is 9. The van der Waals surface area contributed by atoms with Crippen LogP contribution in [0.4, 0.5) is 17.5 Å². The highest BCUT2D eigenvalue weighted by atomic mass is 15.0. The first-order chi connectivity index (χ1) is 12.8. The largest absolute Gasteiger partial charge is 0.373 e. The van der Waals surface area contributed by atoms with Gasteiger partial charge in [-0.2, -0.15) is 0 Å². The van der Waals surface area contributed by atoms with Gasteiger partial charge in [0.15, 0.2) is 0 Å². The lowest BCUT2D eigenvalue weighted by molar-refractivity contribution is 0.929. The molecule has 3 heterocycles. The van der Waals surface area contributed by atoms with Crippen LogP contribution in [0.3, 0.4) is 0 Å². The number of nitrogens with zero attached hydrogens (tertiary/aromatic N) is 3. The van der Waals surface area contributed by atoms with E-state index in [1.807, 2.05) is 61.6 Å². The molecule has 0 saturated heterocycles. The molecule has 0 bridgehead atoms. The lowest BCUT2D eigenvalue weighted by Crippen LogP contribution is -2.10. The van der Waals surface area contributed by atoms with Gasteiger partial charge in [-0.3, -0.25) is 0 Å². The first-order valence-electron chi connectivity index (χ1n) is 8.82. The van der Waals surface area contributed by atoms with Gasteiger partial charge in [-0.1, -0.05) is 18.2 Å². The van der Waals surface area contributed by atoms with E-state index in [1.54, 1.807) is 6.20 Å². The van der Waals surface area contributed by atoms with Crippen LogP contribution in [0.1, 0.15) is 11.4 Å². The van der Waals surface area contributed by atoms with Crippen molar-refractivity contribution in [3.63, 3.8) is 0 Å². The van der Waals surface area contributed by atoms with Crippen LogP contribution in [0, 0.1) is 0 Å². The van der Waals surface area contributed by atoms with Crippen LogP contribution in [-0.4, -0.2) is 35.1 Å². The van der Waals surface area contributed by atoms with Gasteiger partial charge in [0.25, 0.3) is 0 Å². The second kappa shape index (κ2) is 9.36. The molecule has 0 aromatic carbocycles. The van der Waals surface area contributed by atoms with Crippen LogP contribution in [-0.2, 0) is 12.8 Å². The Morgan fingerprint density at radius 1 is 0.692 bits per heavy atom. The van der Waals surface area contributed by atoms with E-state index in [1.165, 1.54) is 0 Å². The number of nitrogens with one attached hydrogen (secondary N) is 3. The average molecular weight is 348 g/mol. The van der Waals surface area contributed by atoms with E-state index < -0.39 is 0 Å². The van der Waals surface area contributed by atoms with E-state index in [2.05, 4.69) is 30.9 Å². The summed E-state index contributed by atoms with van der Waals surface area (Å²) in [6, 6.07) is 17.9. The van der Waals surface area contributed by atoms with Crippen molar-refractivity contribution in [3.8, 4) is 0 Å². The molecule has 0 amide bonds. The van der Waals surface area contributed by atoms with E-state index >= 15 is 0 Å². The predicted octanol–water partition coefficient (Wildman–Crippen LogP) is 3.22. The summed E-state index contributed by atoms with van der Waals surface area (Å²) in [5, 5.41) is 9.74. The van der Waals surface area contributed by atoms with Crippen LogP contribution in [0.15, 0.2) is 60.8 Å². The monoisotopic (exact) mass is 348 g/mol. The molecule has 3 aromatic heterocycles. The van der Waals surface area contributed by atoms with Gasteiger partial charge in [0.1, 0.15) is 17.5 Å². The molecule has 134 valence electrons. The van der Waals surface area contributed by atoms with Crippen molar-refractivity contribution in [2.45, 2.75) is 12.8 Å². The molecule has 3 rings (SSSR count). The number of hydrogen-bond acceptors (Lipinski definition) is 6. The molecule has 0 radical (unpaired) electrons. The van der Waals surface area contributed by atoms with Gasteiger partial charge in [0, 0.05) is 50.6 Å². The first kappa shape index (κ1) is 17.7. The fourth-order valence-electron chi connectivity index (χ4n) is 2.58. The van der Waals surface area contributed by atoms with Crippen molar-refractivity contribution in [2.24, 2.45) is 0 Å². The zero-order valence-electron chi connectivity index (χ0n) is 14.9. The molecule has 3 N–H and O–H groups in total. The second-order valence-electron chi connectivity index (χ2n) is 5.85. The van der Waals surface area contributed by atoms with E-state index in [9.17, 15) is 0 Å². The molecule has 3 aromatic rings. The normalized spacial score (nSPS) is 10.3. The first-order valence-corrected chi connectivity index (χ1v) is 8.82. The summed E-state index contributed by atoms with van der Waals surface area (Å²) in [7, 11) is 1.88. The molecule has 0 spiro atoms. The number of pyridine rings is 3. The second-order valence-corrected chi connectivity index (χ2v) is 5.85. The standard InChI is InChI=1S/C20H24N6/c1-21-18-9-4-6-16(25-18)12-15-24-20-10-5-7-17(26-20)11-14-23-19-8-2-3-13-22-19/h2-10,13H,11-12,14-15H2,1H3,(H,21,25)(H,22,23)(H,24,26). The average Bonchev–Trinajstić information content (AvgIpc) is 2.69. The summed E-state index contributed by atoms with van der Waals surface area (Å²) in [6.45, 7) is 1.59. The maximum absolute atomic E-state index is 4.66. The Kier molecular flexibility index (Phi) is 6.36. The molecule has 6 heteroatoms. The van der Waals surface area contributed by atoms with E-state index in [4.69, 9.17) is 0 Å². The highest BCUT2D eigenvalue weighted by Crippen LogP contribution is 2.08. The molecule has 0 saturated carbocycles. The summed E-state index contributed by atoms with van der Waals surface area (Å²) in [5.41, 5.74) is 2.11. The predicted molar refractivity (Wildman–Crippen MR) is 107 cm³/mol. The van der Waals surface area contributed by atoms with Gasteiger partial charge in [-0.15, -0.1) is 0 Å². The lowest BCUT2D eigenvalue weighted by Gasteiger charge is -2.09. The molecular formula is C20H24N6. The summed E-state index contributed by atoms with van der Waals surface area (Å²) >= 11 is 0. The zero-order valence-corrected chi connectivity index (χ0v) is 14.9. The van der Waals surface area contributed by atoms with Crippen LogP contribution < -0.4 is 16.0 Å². The van der Waals surface area contributed by atoms with Crippen molar-refractivity contribution in [1.82, 2.24) is 15.0 Å². The van der Waals surface area contributed by atoms with Crippen molar-refractivity contribution < 1.29 is 0 Å². The third-order valence-corrected chi connectivity index (χ3v) is 3.91. The maximum atomic E-state index is 4.66. The molecule has 0 unspecified atom stereocenters. The van der Waals surface area contributed by atoms with Crippen molar-refractivity contribution >= 4 is 17.5 Å². The van der Waals surface area contributed by atoms with Gasteiger partial charge < -0.3 is 16.0 Å². The third kappa shape index (κ3) is 5.44. The van der Waals surface area contributed by atoms with E-state index in [0.717, 1.165) is 54.8 Å². The van der Waals surface area contributed by atoms with Crippen LogP contribution >= 0.6 is 0 Å². The fraction of sp³-hybridized carbons (Fsp3) is 0.250. The smallest absolute Gasteiger partial charge is 0.126 e. The molecule has 0 aliphatic carbocycles. The van der Waals surface area contributed by atoms with Gasteiger partial charge in [0.05, 0.1) is 0 Å². The Labute approximate surface area is 154 Å². The maximum Gasteiger partial charge on any atom is 0.126 e. The number of aromatic nitrogens is 3. The molecule has 26 heavy (non-hydrogen) atoms. The molecule has 0 aliphatic rings.